The Balaban J connectivity index is 2.44. The van der Waals surface area contributed by atoms with Crippen molar-refractivity contribution in [1.29, 1.82) is 0 Å². The van der Waals surface area contributed by atoms with Crippen molar-refractivity contribution in [2.45, 2.75) is 13.3 Å². The second kappa shape index (κ2) is 4.49. The molecule has 0 amide bonds. The van der Waals surface area contributed by atoms with Gasteiger partial charge in [0.2, 0.25) is 0 Å². The molecule has 84 valence electrons. The summed E-state index contributed by atoms with van der Waals surface area (Å²) in [6, 6.07) is 10.5. The molecule has 0 aliphatic carbocycles. The molecule has 0 spiro atoms. The van der Waals surface area contributed by atoms with Gasteiger partial charge in [-0.3, -0.25) is 4.68 Å². The van der Waals surface area contributed by atoms with E-state index in [0.717, 1.165) is 17.8 Å². The van der Waals surface area contributed by atoms with Crippen molar-refractivity contribution in [3.63, 3.8) is 0 Å². The molecule has 0 unspecified atom stereocenters. The van der Waals surface area contributed by atoms with Crippen LogP contribution in [0.5, 0.6) is 0 Å². The molecule has 0 aliphatic rings. The van der Waals surface area contributed by atoms with E-state index >= 15 is 0 Å². The second-order valence-electron chi connectivity index (χ2n) is 4.00. The maximum absolute atomic E-state index is 5.54. The lowest BCUT2D eigenvalue weighted by Crippen LogP contribution is -2.03. The summed E-state index contributed by atoms with van der Waals surface area (Å²) in [5.41, 5.74) is 10.3. The molecule has 0 saturated heterocycles. The lowest BCUT2D eigenvalue weighted by Gasteiger charge is -2.04. The predicted molar refractivity (Wildman–Crippen MR) is 66.1 cm³/mol. The van der Waals surface area contributed by atoms with Crippen LogP contribution < -0.4 is 5.73 Å². The molecule has 1 heterocycles. The van der Waals surface area contributed by atoms with Gasteiger partial charge < -0.3 is 5.73 Å². The topological polar surface area (TPSA) is 43.8 Å². The number of nitrogens with two attached hydrogens (primary N) is 1. The molecule has 3 nitrogen and oxygen atoms in total. The van der Waals surface area contributed by atoms with E-state index in [1.807, 2.05) is 11.7 Å². The van der Waals surface area contributed by atoms with E-state index in [1.165, 1.54) is 11.1 Å². The van der Waals surface area contributed by atoms with E-state index in [0.29, 0.717) is 6.54 Å². The van der Waals surface area contributed by atoms with Crippen LogP contribution in [0.2, 0.25) is 0 Å². The number of hydrogen-bond donors (Lipinski definition) is 1. The first-order chi connectivity index (χ1) is 7.72. The van der Waals surface area contributed by atoms with Crippen molar-refractivity contribution in [2.24, 2.45) is 12.8 Å². The highest BCUT2D eigenvalue weighted by Crippen LogP contribution is 2.23. The Morgan fingerprint density at radius 3 is 2.75 bits per heavy atom. The summed E-state index contributed by atoms with van der Waals surface area (Å²) in [7, 11) is 1.97. The predicted octanol–water partition coefficient (Wildman–Crippen LogP) is 1.90. The van der Waals surface area contributed by atoms with Gasteiger partial charge in [0, 0.05) is 19.0 Å². The number of aromatic nitrogens is 2. The van der Waals surface area contributed by atoms with Gasteiger partial charge in [-0.05, 0) is 25.1 Å². The Labute approximate surface area is 95.9 Å². The number of hydrogen-bond acceptors (Lipinski definition) is 2. The van der Waals surface area contributed by atoms with Crippen molar-refractivity contribution in [1.82, 2.24) is 9.78 Å². The van der Waals surface area contributed by atoms with Gasteiger partial charge in [-0.15, -0.1) is 0 Å². The van der Waals surface area contributed by atoms with E-state index in [2.05, 4.69) is 42.4 Å². The Hall–Kier alpha value is -1.61. The van der Waals surface area contributed by atoms with Crippen LogP contribution >= 0.6 is 0 Å². The highest BCUT2D eigenvalue weighted by Gasteiger charge is 2.08. The summed E-state index contributed by atoms with van der Waals surface area (Å²) < 4.78 is 1.92. The minimum absolute atomic E-state index is 0.643. The van der Waals surface area contributed by atoms with Crippen molar-refractivity contribution in [2.75, 3.05) is 6.54 Å². The lowest BCUT2D eigenvalue weighted by molar-refractivity contribution is 0.745. The standard InChI is InChI=1S/C13H17N3/c1-10-5-3-4-6-12(10)13-9-11(7-8-14)15-16(13)2/h3-6,9H,7-8,14H2,1-2H3. The first-order valence-electron chi connectivity index (χ1n) is 5.51. The van der Waals surface area contributed by atoms with Gasteiger partial charge >= 0.3 is 0 Å². The molecule has 0 bridgehead atoms. The molecule has 2 N–H and O–H groups in total. The molecule has 0 saturated carbocycles. The third kappa shape index (κ3) is 1.99. The van der Waals surface area contributed by atoms with E-state index in [1.54, 1.807) is 0 Å². The van der Waals surface area contributed by atoms with Crippen LogP contribution in [-0.2, 0) is 13.5 Å². The third-order valence-corrected chi connectivity index (χ3v) is 2.75. The highest BCUT2D eigenvalue weighted by molar-refractivity contribution is 5.64. The molecule has 1 aromatic carbocycles. The zero-order chi connectivity index (χ0) is 11.5. The SMILES string of the molecule is Cc1ccccc1-c1cc(CCN)nn1C. The summed E-state index contributed by atoms with van der Waals surface area (Å²) in [5, 5.41) is 4.45. The molecule has 0 aliphatic heterocycles. The number of aryl methyl sites for hydroxylation is 2. The molecular weight excluding hydrogens is 198 g/mol. The number of benzene rings is 1. The van der Waals surface area contributed by atoms with E-state index < -0.39 is 0 Å². The van der Waals surface area contributed by atoms with Crippen molar-refractivity contribution < 1.29 is 0 Å². The average Bonchev–Trinajstić information content (AvgIpc) is 2.61. The fourth-order valence-electron chi connectivity index (χ4n) is 1.91. The van der Waals surface area contributed by atoms with Crippen LogP contribution in [0.1, 0.15) is 11.3 Å². The molecule has 3 heteroatoms. The Bertz CT molecular complexity index is 486. The van der Waals surface area contributed by atoms with Crippen LogP contribution in [-0.4, -0.2) is 16.3 Å². The highest BCUT2D eigenvalue weighted by atomic mass is 15.3. The Morgan fingerprint density at radius 1 is 1.31 bits per heavy atom. The summed E-state index contributed by atoms with van der Waals surface area (Å²) in [6.07, 6.45) is 0.833. The minimum Gasteiger partial charge on any atom is -0.330 e. The van der Waals surface area contributed by atoms with Crippen LogP contribution in [0.4, 0.5) is 0 Å². The molecule has 0 atom stereocenters. The van der Waals surface area contributed by atoms with Gasteiger partial charge in [0.15, 0.2) is 0 Å². The fraction of sp³-hybridized carbons (Fsp3) is 0.308. The van der Waals surface area contributed by atoms with E-state index in [-0.39, 0.29) is 0 Å². The molecular formula is C13H17N3. The summed E-state index contributed by atoms with van der Waals surface area (Å²) in [5.74, 6) is 0. The molecule has 2 rings (SSSR count). The van der Waals surface area contributed by atoms with Gasteiger partial charge in [0.25, 0.3) is 0 Å². The van der Waals surface area contributed by atoms with Crippen LogP contribution in [0.15, 0.2) is 30.3 Å². The van der Waals surface area contributed by atoms with Crippen molar-refractivity contribution in [3.8, 4) is 11.3 Å². The smallest absolute Gasteiger partial charge is 0.0684 e. The Morgan fingerprint density at radius 2 is 2.06 bits per heavy atom. The van der Waals surface area contributed by atoms with Gasteiger partial charge in [-0.25, -0.2) is 0 Å². The van der Waals surface area contributed by atoms with Gasteiger partial charge in [-0.2, -0.15) is 5.10 Å². The molecule has 0 radical (unpaired) electrons. The largest absolute Gasteiger partial charge is 0.330 e. The minimum atomic E-state index is 0.643. The van der Waals surface area contributed by atoms with Gasteiger partial charge in [0.05, 0.1) is 11.4 Å². The number of nitrogens with zero attached hydrogens (tertiary/aromatic N) is 2. The maximum Gasteiger partial charge on any atom is 0.0684 e. The molecule has 0 fully saturated rings. The second-order valence-corrected chi connectivity index (χ2v) is 4.00. The van der Waals surface area contributed by atoms with Crippen LogP contribution in [0, 0.1) is 6.92 Å². The van der Waals surface area contributed by atoms with Gasteiger partial charge in [0.1, 0.15) is 0 Å². The van der Waals surface area contributed by atoms with Crippen LogP contribution in [0.25, 0.3) is 11.3 Å². The zero-order valence-corrected chi connectivity index (χ0v) is 9.77. The van der Waals surface area contributed by atoms with Crippen molar-refractivity contribution >= 4 is 0 Å². The summed E-state index contributed by atoms with van der Waals surface area (Å²) in [6.45, 7) is 2.76. The third-order valence-electron chi connectivity index (χ3n) is 2.75. The molecule has 16 heavy (non-hydrogen) atoms. The van der Waals surface area contributed by atoms with Gasteiger partial charge in [-0.1, -0.05) is 24.3 Å². The quantitative estimate of drug-likeness (QED) is 0.849. The normalized spacial score (nSPS) is 10.7. The fourth-order valence-corrected chi connectivity index (χ4v) is 1.91. The lowest BCUT2D eigenvalue weighted by atomic mass is 10.1. The maximum atomic E-state index is 5.54. The first-order valence-corrected chi connectivity index (χ1v) is 5.51. The Kier molecular flexibility index (Phi) is 3.06. The first kappa shape index (κ1) is 10.9. The number of rotatable bonds is 3. The van der Waals surface area contributed by atoms with Crippen molar-refractivity contribution in [3.05, 3.63) is 41.6 Å². The molecule has 2 aromatic rings. The summed E-state index contributed by atoms with van der Waals surface area (Å²) >= 11 is 0. The zero-order valence-electron chi connectivity index (χ0n) is 9.77. The molecule has 1 aromatic heterocycles. The summed E-state index contributed by atoms with van der Waals surface area (Å²) in [4.78, 5) is 0. The van der Waals surface area contributed by atoms with E-state index in [4.69, 9.17) is 5.73 Å². The van der Waals surface area contributed by atoms with Crippen LogP contribution in [0.3, 0.4) is 0 Å². The monoisotopic (exact) mass is 215 g/mol. The van der Waals surface area contributed by atoms with E-state index in [9.17, 15) is 0 Å². The average molecular weight is 215 g/mol.